The molecule has 0 spiro atoms. The number of hydrogen-bond donors (Lipinski definition) is 0. The normalized spacial score (nSPS) is 22.9. The zero-order valence-corrected chi connectivity index (χ0v) is 11.8. The molecule has 4 nitrogen and oxygen atoms in total. The highest BCUT2D eigenvalue weighted by Crippen LogP contribution is 2.33. The van der Waals surface area contributed by atoms with Crippen molar-refractivity contribution < 1.29 is 17.1 Å². The zero-order chi connectivity index (χ0) is 14.3. The van der Waals surface area contributed by atoms with Crippen molar-refractivity contribution in [2.24, 2.45) is 0 Å². The molecule has 20 heavy (non-hydrogen) atoms. The van der Waals surface area contributed by atoms with Gasteiger partial charge in [0.15, 0.2) is 0 Å². The van der Waals surface area contributed by atoms with Crippen molar-refractivity contribution in [1.82, 2.24) is 0 Å². The van der Waals surface area contributed by atoms with Gasteiger partial charge >= 0.3 is 10.2 Å². The number of carbonyl (C=O) groups excluding carboxylic acids is 1. The Morgan fingerprint density at radius 1 is 1.20 bits per heavy atom. The van der Waals surface area contributed by atoms with E-state index in [1.165, 1.54) is 10.5 Å². The first-order valence-electron chi connectivity index (χ1n) is 6.81. The molecule has 2 aliphatic rings. The Bertz CT molecular complexity index is 656. The van der Waals surface area contributed by atoms with E-state index in [1.54, 1.807) is 0 Å². The maximum absolute atomic E-state index is 13.1. The monoisotopic (exact) mass is 297 g/mol. The molecule has 0 radical (unpaired) electrons. The number of aryl methyl sites for hydroxylation is 1. The van der Waals surface area contributed by atoms with Gasteiger partial charge in [-0.25, -0.2) is 0 Å². The van der Waals surface area contributed by atoms with Crippen LogP contribution in [0.4, 0.5) is 9.57 Å². The lowest BCUT2D eigenvalue weighted by Gasteiger charge is -2.25. The van der Waals surface area contributed by atoms with E-state index in [-0.39, 0.29) is 18.9 Å². The van der Waals surface area contributed by atoms with Gasteiger partial charge in [0.2, 0.25) is 5.91 Å². The Morgan fingerprint density at radius 2 is 1.95 bits per heavy atom. The molecule has 1 atom stereocenters. The molecule has 1 unspecified atom stereocenters. The standard InChI is InChI=1S/C14H16FNO3S/c15-20(18,19)11-8-14(17)16(9-11)13-7-3-5-10-4-1-2-6-12(10)13/h3,5,7,11H,1-2,4,6,8-9H2. The first-order chi connectivity index (χ1) is 9.47. The van der Waals surface area contributed by atoms with Gasteiger partial charge in [0.25, 0.3) is 0 Å². The maximum Gasteiger partial charge on any atom is 0.307 e. The van der Waals surface area contributed by atoms with Crippen LogP contribution < -0.4 is 4.90 Å². The summed E-state index contributed by atoms with van der Waals surface area (Å²) in [7, 11) is -4.66. The van der Waals surface area contributed by atoms with E-state index in [0.717, 1.165) is 36.9 Å². The fourth-order valence-corrected chi connectivity index (χ4v) is 3.78. The number of benzene rings is 1. The largest absolute Gasteiger partial charge is 0.311 e. The van der Waals surface area contributed by atoms with Crippen LogP contribution in [-0.4, -0.2) is 26.1 Å². The van der Waals surface area contributed by atoms with Gasteiger partial charge in [0.05, 0.1) is 0 Å². The average Bonchev–Trinajstić information content (AvgIpc) is 2.80. The van der Waals surface area contributed by atoms with Gasteiger partial charge in [-0.3, -0.25) is 4.79 Å². The topological polar surface area (TPSA) is 54.5 Å². The third kappa shape index (κ3) is 2.32. The van der Waals surface area contributed by atoms with Crippen LogP contribution in [0.15, 0.2) is 18.2 Å². The van der Waals surface area contributed by atoms with E-state index in [0.29, 0.717) is 0 Å². The number of rotatable bonds is 2. The third-order valence-corrected chi connectivity index (χ3v) is 5.26. The summed E-state index contributed by atoms with van der Waals surface area (Å²) in [6.45, 7) is -0.0753. The van der Waals surface area contributed by atoms with Crippen molar-refractivity contribution >= 4 is 21.8 Å². The Labute approximate surface area is 117 Å². The summed E-state index contributed by atoms with van der Waals surface area (Å²) >= 11 is 0. The van der Waals surface area contributed by atoms with Gasteiger partial charge in [-0.1, -0.05) is 12.1 Å². The number of hydrogen-bond acceptors (Lipinski definition) is 3. The highest BCUT2D eigenvalue weighted by molar-refractivity contribution is 7.87. The van der Waals surface area contributed by atoms with Crippen LogP contribution in [0.25, 0.3) is 0 Å². The number of amides is 1. The Hall–Kier alpha value is -1.43. The molecule has 0 aromatic heterocycles. The molecule has 108 valence electrons. The van der Waals surface area contributed by atoms with Gasteiger partial charge in [-0.15, -0.1) is 3.89 Å². The summed E-state index contributed by atoms with van der Waals surface area (Å²) in [5.74, 6) is -0.310. The van der Waals surface area contributed by atoms with Gasteiger partial charge in [-0.2, -0.15) is 8.42 Å². The molecule has 1 aromatic rings. The van der Waals surface area contributed by atoms with Gasteiger partial charge < -0.3 is 4.90 Å². The summed E-state index contributed by atoms with van der Waals surface area (Å²) in [6.07, 6.45) is 3.81. The molecule has 0 N–H and O–H groups in total. The zero-order valence-electron chi connectivity index (χ0n) is 11.0. The van der Waals surface area contributed by atoms with Crippen LogP contribution in [0.2, 0.25) is 0 Å². The number of nitrogens with zero attached hydrogens (tertiary/aromatic N) is 1. The summed E-state index contributed by atoms with van der Waals surface area (Å²) in [5, 5.41) is -1.23. The number of carbonyl (C=O) groups is 1. The molecule has 3 rings (SSSR count). The SMILES string of the molecule is O=C1CC(S(=O)(=O)F)CN1c1cccc2c1CCCC2. The molecule has 1 aromatic carbocycles. The molecule has 0 saturated carbocycles. The van der Waals surface area contributed by atoms with E-state index in [9.17, 15) is 17.1 Å². The second-order valence-electron chi connectivity index (χ2n) is 5.43. The quantitative estimate of drug-likeness (QED) is 0.784. The molecule has 0 bridgehead atoms. The molecule has 1 heterocycles. The lowest BCUT2D eigenvalue weighted by molar-refractivity contribution is -0.117. The van der Waals surface area contributed by atoms with E-state index in [2.05, 4.69) is 0 Å². The van der Waals surface area contributed by atoms with E-state index in [1.807, 2.05) is 18.2 Å². The van der Waals surface area contributed by atoms with Crippen LogP contribution in [0, 0.1) is 0 Å². The second-order valence-corrected chi connectivity index (χ2v) is 7.05. The molecule has 6 heteroatoms. The molecule has 1 amide bonds. The number of anilines is 1. The highest BCUT2D eigenvalue weighted by Gasteiger charge is 2.39. The fraction of sp³-hybridized carbons (Fsp3) is 0.500. The summed E-state index contributed by atoms with van der Waals surface area (Å²) in [6, 6.07) is 5.75. The fourth-order valence-electron chi connectivity index (χ4n) is 3.11. The lowest BCUT2D eigenvalue weighted by Crippen LogP contribution is -2.28. The highest BCUT2D eigenvalue weighted by atomic mass is 32.3. The molecule has 1 saturated heterocycles. The van der Waals surface area contributed by atoms with Gasteiger partial charge in [0, 0.05) is 18.7 Å². The summed E-state index contributed by atoms with van der Waals surface area (Å²) in [5.41, 5.74) is 3.09. The van der Waals surface area contributed by atoms with Crippen molar-refractivity contribution in [3.8, 4) is 0 Å². The number of fused-ring (bicyclic) bond motifs is 1. The van der Waals surface area contributed by atoms with Crippen molar-refractivity contribution in [2.75, 3.05) is 11.4 Å². The van der Waals surface area contributed by atoms with Gasteiger partial charge in [-0.05, 0) is 42.9 Å². The minimum Gasteiger partial charge on any atom is -0.311 e. The average molecular weight is 297 g/mol. The minimum atomic E-state index is -4.66. The molecule has 1 aliphatic carbocycles. The Balaban J connectivity index is 1.96. The smallest absolute Gasteiger partial charge is 0.307 e. The van der Waals surface area contributed by atoms with Crippen LogP contribution in [0.1, 0.15) is 30.4 Å². The first kappa shape index (κ1) is 13.5. The predicted octanol–water partition coefficient (Wildman–Crippen LogP) is 1.97. The first-order valence-corrected chi connectivity index (χ1v) is 8.26. The van der Waals surface area contributed by atoms with Gasteiger partial charge in [0.1, 0.15) is 5.25 Å². The van der Waals surface area contributed by atoms with Crippen molar-refractivity contribution in [2.45, 2.75) is 37.4 Å². The number of halogens is 1. The van der Waals surface area contributed by atoms with Crippen LogP contribution in [0.3, 0.4) is 0 Å². The molecule has 1 aliphatic heterocycles. The predicted molar refractivity (Wildman–Crippen MR) is 73.9 cm³/mol. The minimum absolute atomic E-state index is 0.0753. The maximum atomic E-state index is 13.1. The van der Waals surface area contributed by atoms with Crippen molar-refractivity contribution in [3.63, 3.8) is 0 Å². The van der Waals surface area contributed by atoms with E-state index < -0.39 is 15.5 Å². The van der Waals surface area contributed by atoms with E-state index >= 15 is 0 Å². The van der Waals surface area contributed by atoms with Crippen molar-refractivity contribution in [3.05, 3.63) is 29.3 Å². The third-order valence-electron chi connectivity index (χ3n) is 4.15. The molecule has 1 fully saturated rings. The molecular weight excluding hydrogens is 281 g/mol. The van der Waals surface area contributed by atoms with E-state index in [4.69, 9.17) is 0 Å². The summed E-state index contributed by atoms with van der Waals surface area (Å²) < 4.78 is 35.1. The lowest BCUT2D eigenvalue weighted by atomic mass is 9.90. The second kappa shape index (κ2) is 4.84. The van der Waals surface area contributed by atoms with Crippen LogP contribution in [-0.2, 0) is 27.9 Å². The van der Waals surface area contributed by atoms with Crippen LogP contribution in [0.5, 0.6) is 0 Å². The Morgan fingerprint density at radius 3 is 2.65 bits per heavy atom. The van der Waals surface area contributed by atoms with Crippen LogP contribution >= 0.6 is 0 Å². The molecular formula is C14H16FNO3S. The Kier molecular flexibility index (Phi) is 3.28. The van der Waals surface area contributed by atoms with Crippen molar-refractivity contribution in [1.29, 1.82) is 0 Å². The summed E-state index contributed by atoms with van der Waals surface area (Å²) in [4.78, 5) is 13.4.